The molecule has 4 heteroatoms. The van der Waals surface area contributed by atoms with E-state index in [1.807, 2.05) is 24.5 Å². The Balaban J connectivity index is 2.61. The van der Waals surface area contributed by atoms with Crippen LogP contribution in [0.25, 0.3) is 11.0 Å². The first-order chi connectivity index (χ1) is 8.13. The molecule has 0 aromatic carbocycles. The van der Waals surface area contributed by atoms with Gasteiger partial charge in [0.2, 0.25) is 0 Å². The average molecular weight is 294 g/mol. The lowest BCUT2D eigenvalue weighted by Gasteiger charge is -2.28. The maximum absolute atomic E-state index is 4.48. The number of hydrogen-bond donors (Lipinski definition) is 0. The summed E-state index contributed by atoms with van der Waals surface area (Å²) in [6, 6.07) is 4.49. The van der Waals surface area contributed by atoms with Crippen molar-refractivity contribution in [3.05, 3.63) is 29.0 Å². The van der Waals surface area contributed by atoms with Crippen molar-refractivity contribution in [3.8, 4) is 0 Å². The summed E-state index contributed by atoms with van der Waals surface area (Å²) in [7, 11) is 0. The second kappa shape index (κ2) is 5.00. The minimum absolute atomic E-state index is 0.455. The molecule has 17 heavy (non-hydrogen) atoms. The van der Waals surface area contributed by atoms with Crippen molar-refractivity contribution in [2.75, 3.05) is 11.4 Å². The van der Waals surface area contributed by atoms with Gasteiger partial charge in [-0.2, -0.15) is 0 Å². The second-order valence-electron chi connectivity index (χ2n) is 4.23. The van der Waals surface area contributed by atoms with E-state index in [1.165, 1.54) is 0 Å². The molecule has 0 saturated heterocycles. The molecule has 0 aliphatic heterocycles. The fraction of sp³-hybridized carbons (Fsp3) is 0.385. The fourth-order valence-electron chi connectivity index (χ4n) is 2.04. The smallest absolute Gasteiger partial charge is 0.112 e. The molecule has 2 heterocycles. The summed E-state index contributed by atoms with van der Waals surface area (Å²) in [5.74, 6) is 0. The lowest BCUT2D eigenvalue weighted by molar-refractivity contribution is 0.705. The SMILES string of the molecule is CCN(c1ccnc2cc(Br)cnc12)C(C)C. The van der Waals surface area contributed by atoms with Crippen LogP contribution in [-0.2, 0) is 0 Å². The minimum atomic E-state index is 0.455. The molecule has 2 aromatic rings. The van der Waals surface area contributed by atoms with Gasteiger partial charge in [-0.1, -0.05) is 0 Å². The molecule has 0 bridgehead atoms. The number of fused-ring (bicyclic) bond motifs is 1. The predicted octanol–water partition coefficient (Wildman–Crippen LogP) is 3.63. The zero-order valence-corrected chi connectivity index (χ0v) is 11.9. The van der Waals surface area contributed by atoms with Crippen LogP contribution in [-0.4, -0.2) is 22.6 Å². The number of anilines is 1. The van der Waals surface area contributed by atoms with Gasteiger partial charge in [0.1, 0.15) is 5.52 Å². The van der Waals surface area contributed by atoms with Crippen LogP contribution in [0.4, 0.5) is 5.69 Å². The van der Waals surface area contributed by atoms with Gasteiger partial charge in [0.05, 0.1) is 11.2 Å². The standard InChI is InChI=1S/C13H16BrN3/c1-4-17(9(2)3)12-5-6-15-11-7-10(14)8-16-13(11)12/h5-9H,4H2,1-3H3. The Kier molecular flexibility index (Phi) is 3.62. The number of nitrogens with zero attached hydrogens (tertiary/aromatic N) is 3. The molecule has 0 spiro atoms. The summed E-state index contributed by atoms with van der Waals surface area (Å²) in [6.07, 6.45) is 3.67. The van der Waals surface area contributed by atoms with E-state index in [-0.39, 0.29) is 0 Å². The van der Waals surface area contributed by atoms with Crippen molar-refractivity contribution in [2.24, 2.45) is 0 Å². The lowest BCUT2D eigenvalue weighted by atomic mass is 10.2. The van der Waals surface area contributed by atoms with Gasteiger partial charge in [-0.15, -0.1) is 0 Å². The highest BCUT2D eigenvalue weighted by atomic mass is 79.9. The van der Waals surface area contributed by atoms with E-state index in [2.05, 4.69) is 51.6 Å². The molecule has 3 nitrogen and oxygen atoms in total. The van der Waals surface area contributed by atoms with E-state index in [1.54, 1.807) is 0 Å². The number of pyridine rings is 2. The van der Waals surface area contributed by atoms with Crippen LogP contribution < -0.4 is 4.90 Å². The third-order valence-electron chi connectivity index (χ3n) is 2.80. The van der Waals surface area contributed by atoms with Gasteiger partial charge in [-0.05, 0) is 48.8 Å². The van der Waals surface area contributed by atoms with Crippen molar-refractivity contribution < 1.29 is 0 Å². The minimum Gasteiger partial charge on any atom is -0.368 e. The maximum Gasteiger partial charge on any atom is 0.112 e. The van der Waals surface area contributed by atoms with Crippen molar-refractivity contribution in [3.63, 3.8) is 0 Å². The fourth-order valence-corrected chi connectivity index (χ4v) is 2.36. The number of rotatable bonds is 3. The summed E-state index contributed by atoms with van der Waals surface area (Å²) in [4.78, 5) is 11.2. The summed E-state index contributed by atoms with van der Waals surface area (Å²) in [6.45, 7) is 7.50. The van der Waals surface area contributed by atoms with Gasteiger partial charge >= 0.3 is 0 Å². The van der Waals surface area contributed by atoms with Gasteiger partial charge in [-0.25, -0.2) is 0 Å². The molecule has 0 saturated carbocycles. The molecular formula is C13H16BrN3. The average Bonchev–Trinajstić information content (AvgIpc) is 2.29. The zero-order valence-electron chi connectivity index (χ0n) is 10.3. The van der Waals surface area contributed by atoms with Crippen LogP contribution in [0, 0.1) is 0 Å². The van der Waals surface area contributed by atoms with Crippen LogP contribution in [0.15, 0.2) is 29.0 Å². The van der Waals surface area contributed by atoms with E-state index in [4.69, 9.17) is 0 Å². The molecular weight excluding hydrogens is 278 g/mol. The zero-order chi connectivity index (χ0) is 12.4. The Labute approximate surface area is 110 Å². The quantitative estimate of drug-likeness (QED) is 0.865. The van der Waals surface area contributed by atoms with Crippen LogP contribution >= 0.6 is 15.9 Å². The molecule has 0 aliphatic rings. The van der Waals surface area contributed by atoms with E-state index in [9.17, 15) is 0 Å². The van der Waals surface area contributed by atoms with Crippen LogP contribution in [0.1, 0.15) is 20.8 Å². The second-order valence-corrected chi connectivity index (χ2v) is 5.15. The highest BCUT2D eigenvalue weighted by Gasteiger charge is 2.12. The molecule has 90 valence electrons. The van der Waals surface area contributed by atoms with Crippen LogP contribution in [0.2, 0.25) is 0 Å². The first-order valence-electron chi connectivity index (χ1n) is 5.80. The predicted molar refractivity (Wildman–Crippen MR) is 75.4 cm³/mol. The molecule has 0 N–H and O–H groups in total. The number of hydrogen-bond acceptors (Lipinski definition) is 3. The van der Waals surface area contributed by atoms with Gasteiger partial charge in [0, 0.05) is 29.5 Å². The molecule has 2 aromatic heterocycles. The van der Waals surface area contributed by atoms with Crippen molar-refractivity contribution >= 4 is 32.7 Å². The van der Waals surface area contributed by atoms with E-state index < -0.39 is 0 Å². The Morgan fingerprint density at radius 1 is 1.35 bits per heavy atom. The van der Waals surface area contributed by atoms with E-state index in [0.29, 0.717) is 6.04 Å². The Hall–Kier alpha value is -1.16. The van der Waals surface area contributed by atoms with Crippen LogP contribution in [0.3, 0.4) is 0 Å². The molecule has 0 amide bonds. The third kappa shape index (κ3) is 2.41. The van der Waals surface area contributed by atoms with Crippen molar-refractivity contribution in [1.82, 2.24) is 9.97 Å². The summed E-state index contributed by atoms with van der Waals surface area (Å²) in [5.41, 5.74) is 3.04. The van der Waals surface area contributed by atoms with Crippen LogP contribution in [0.5, 0.6) is 0 Å². The monoisotopic (exact) mass is 293 g/mol. The van der Waals surface area contributed by atoms with Crippen molar-refractivity contribution in [1.29, 1.82) is 0 Å². The number of halogens is 1. The first-order valence-corrected chi connectivity index (χ1v) is 6.59. The van der Waals surface area contributed by atoms with E-state index >= 15 is 0 Å². The molecule has 0 aliphatic carbocycles. The highest BCUT2D eigenvalue weighted by molar-refractivity contribution is 9.10. The Morgan fingerprint density at radius 2 is 2.12 bits per heavy atom. The van der Waals surface area contributed by atoms with Gasteiger partial charge in [-0.3, -0.25) is 9.97 Å². The molecule has 0 atom stereocenters. The highest BCUT2D eigenvalue weighted by Crippen LogP contribution is 2.26. The summed E-state index contributed by atoms with van der Waals surface area (Å²) in [5, 5.41) is 0. The Bertz CT molecular complexity index is 525. The maximum atomic E-state index is 4.48. The van der Waals surface area contributed by atoms with Gasteiger partial charge in [0.25, 0.3) is 0 Å². The molecule has 2 rings (SSSR count). The summed E-state index contributed by atoms with van der Waals surface area (Å²) >= 11 is 3.42. The molecule has 0 fully saturated rings. The topological polar surface area (TPSA) is 29.0 Å². The van der Waals surface area contributed by atoms with Gasteiger partial charge in [0.15, 0.2) is 0 Å². The van der Waals surface area contributed by atoms with Crippen molar-refractivity contribution in [2.45, 2.75) is 26.8 Å². The number of aromatic nitrogens is 2. The lowest BCUT2D eigenvalue weighted by Crippen LogP contribution is -2.30. The van der Waals surface area contributed by atoms with E-state index in [0.717, 1.165) is 27.7 Å². The largest absolute Gasteiger partial charge is 0.368 e. The first kappa shape index (κ1) is 12.3. The molecule has 0 radical (unpaired) electrons. The summed E-state index contributed by atoms with van der Waals surface area (Å²) < 4.78 is 0.960. The molecule has 0 unspecified atom stereocenters. The normalized spacial score (nSPS) is 11.1. The Morgan fingerprint density at radius 3 is 2.76 bits per heavy atom. The van der Waals surface area contributed by atoms with Gasteiger partial charge < -0.3 is 4.90 Å². The third-order valence-corrected chi connectivity index (χ3v) is 3.23.